The van der Waals surface area contributed by atoms with Crippen LogP contribution in [0.1, 0.15) is 11.1 Å². The van der Waals surface area contributed by atoms with Gasteiger partial charge in [0.15, 0.2) is 0 Å². The van der Waals surface area contributed by atoms with Crippen molar-refractivity contribution in [3.63, 3.8) is 0 Å². The van der Waals surface area contributed by atoms with Crippen LogP contribution in [0, 0.1) is 5.82 Å². The van der Waals surface area contributed by atoms with Gasteiger partial charge in [0.2, 0.25) is 0 Å². The zero-order chi connectivity index (χ0) is 12.1. The first kappa shape index (κ1) is 11.6. The lowest BCUT2D eigenvalue weighted by molar-refractivity contribution is 0.299. The van der Waals surface area contributed by atoms with Gasteiger partial charge < -0.3 is 10.5 Å². The van der Waals surface area contributed by atoms with Crippen LogP contribution in [-0.4, -0.2) is 0 Å². The number of nitrogens with two attached hydrogens (primary N) is 1. The maximum Gasteiger partial charge on any atom is 0.129 e. The molecule has 17 heavy (non-hydrogen) atoms. The van der Waals surface area contributed by atoms with Crippen LogP contribution in [0.2, 0.25) is 0 Å². The van der Waals surface area contributed by atoms with Gasteiger partial charge in [0.05, 0.1) is 0 Å². The van der Waals surface area contributed by atoms with Crippen LogP contribution < -0.4 is 10.5 Å². The van der Waals surface area contributed by atoms with Crippen LogP contribution in [0.15, 0.2) is 48.5 Å². The van der Waals surface area contributed by atoms with Gasteiger partial charge in [0, 0.05) is 12.1 Å². The van der Waals surface area contributed by atoms with Crippen molar-refractivity contribution in [2.24, 2.45) is 5.73 Å². The number of hydrogen-bond donors (Lipinski definition) is 1. The van der Waals surface area contributed by atoms with E-state index in [1.54, 1.807) is 18.2 Å². The molecule has 0 fully saturated rings. The molecule has 3 heteroatoms. The number of ether oxygens (including phenoxy) is 1. The Bertz CT molecular complexity index is 499. The van der Waals surface area contributed by atoms with E-state index in [2.05, 4.69) is 0 Å². The third-order valence-corrected chi connectivity index (χ3v) is 2.49. The fourth-order valence-electron chi connectivity index (χ4n) is 1.54. The van der Waals surface area contributed by atoms with Gasteiger partial charge in [-0.05, 0) is 23.8 Å². The summed E-state index contributed by atoms with van der Waals surface area (Å²) < 4.78 is 18.9. The second-order valence-corrected chi connectivity index (χ2v) is 3.73. The Morgan fingerprint density at radius 1 is 1.06 bits per heavy atom. The van der Waals surface area contributed by atoms with Crippen LogP contribution in [0.25, 0.3) is 0 Å². The lowest BCUT2D eigenvalue weighted by atomic mass is 10.2. The molecule has 0 aliphatic carbocycles. The van der Waals surface area contributed by atoms with E-state index < -0.39 is 0 Å². The lowest BCUT2D eigenvalue weighted by Gasteiger charge is -2.08. The van der Waals surface area contributed by atoms with Gasteiger partial charge in [-0.15, -0.1) is 0 Å². The van der Waals surface area contributed by atoms with Crippen molar-refractivity contribution in [3.8, 4) is 5.75 Å². The van der Waals surface area contributed by atoms with Gasteiger partial charge >= 0.3 is 0 Å². The normalized spacial score (nSPS) is 10.2. The summed E-state index contributed by atoms with van der Waals surface area (Å²) in [6, 6.07) is 14.1. The third kappa shape index (κ3) is 3.04. The second-order valence-electron chi connectivity index (χ2n) is 3.73. The SMILES string of the molecule is NCc1cccc(OCc2ccccc2F)c1. The van der Waals surface area contributed by atoms with E-state index in [4.69, 9.17) is 10.5 Å². The molecule has 0 aromatic heterocycles. The fraction of sp³-hybridized carbons (Fsp3) is 0.143. The molecule has 0 aliphatic rings. The van der Waals surface area contributed by atoms with E-state index in [1.165, 1.54) is 6.07 Å². The maximum absolute atomic E-state index is 13.3. The molecule has 2 N–H and O–H groups in total. The molecule has 0 heterocycles. The van der Waals surface area contributed by atoms with Crippen molar-refractivity contribution in [1.82, 2.24) is 0 Å². The van der Waals surface area contributed by atoms with Crippen molar-refractivity contribution < 1.29 is 9.13 Å². The molecule has 2 aromatic carbocycles. The summed E-state index contributed by atoms with van der Waals surface area (Å²) in [4.78, 5) is 0. The molecule has 0 radical (unpaired) electrons. The number of rotatable bonds is 4. The van der Waals surface area contributed by atoms with E-state index in [9.17, 15) is 4.39 Å². The minimum absolute atomic E-state index is 0.223. The van der Waals surface area contributed by atoms with Gasteiger partial charge in [-0.3, -0.25) is 0 Å². The summed E-state index contributed by atoms with van der Waals surface area (Å²) in [5.74, 6) is 0.457. The molecule has 0 atom stereocenters. The van der Waals surface area contributed by atoms with Crippen LogP contribution in [0.4, 0.5) is 4.39 Å². The molecule has 0 aliphatic heterocycles. The van der Waals surface area contributed by atoms with E-state index in [0.29, 0.717) is 17.9 Å². The first-order valence-electron chi connectivity index (χ1n) is 5.45. The molecule has 0 amide bonds. The molecule has 2 aromatic rings. The van der Waals surface area contributed by atoms with E-state index in [1.807, 2.05) is 24.3 Å². The molecule has 0 spiro atoms. The van der Waals surface area contributed by atoms with Crippen molar-refractivity contribution in [1.29, 1.82) is 0 Å². The van der Waals surface area contributed by atoms with Gasteiger partial charge in [-0.1, -0.05) is 30.3 Å². The number of halogens is 1. The summed E-state index contributed by atoms with van der Waals surface area (Å²) in [6.45, 7) is 0.692. The highest BCUT2D eigenvalue weighted by Crippen LogP contribution is 2.16. The summed E-state index contributed by atoms with van der Waals surface area (Å²) >= 11 is 0. The Morgan fingerprint density at radius 3 is 2.65 bits per heavy atom. The Morgan fingerprint density at radius 2 is 1.88 bits per heavy atom. The Hall–Kier alpha value is -1.87. The third-order valence-electron chi connectivity index (χ3n) is 2.49. The van der Waals surface area contributed by atoms with Gasteiger partial charge in [-0.2, -0.15) is 0 Å². The smallest absolute Gasteiger partial charge is 0.129 e. The average Bonchev–Trinajstić information content (AvgIpc) is 2.38. The zero-order valence-electron chi connectivity index (χ0n) is 9.40. The monoisotopic (exact) mass is 231 g/mol. The van der Waals surface area contributed by atoms with Crippen LogP contribution in [-0.2, 0) is 13.2 Å². The van der Waals surface area contributed by atoms with Crippen LogP contribution >= 0.6 is 0 Å². The molecule has 0 saturated heterocycles. The van der Waals surface area contributed by atoms with E-state index >= 15 is 0 Å². The van der Waals surface area contributed by atoms with Gasteiger partial charge in [0.25, 0.3) is 0 Å². The largest absolute Gasteiger partial charge is 0.489 e. The zero-order valence-corrected chi connectivity index (χ0v) is 9.40. The highest BCUT2D eigenvalue weighted by atomic mass is 19.1. The molecule has 0 bridgehead atoms. The average molecular weight is 231 g/mol. The van der Waals surface area contributed by atoms with Gasteiger partial charge in [-0.25, -0.2) is 4.39 Å². The predicted molar refractivity (Wildman–Crippen MR) is 65.1 cm³/mol. The fourth-order valence-corrected chi connectivity index (χ4v) is 1.54. The second kappa shape index (κ2) is 5.46. The first-order valence-corrected chi connectivity index (χ1v) is 5.45. The maximum atomic E-state index is 13.3. The lowest BCUT2D eigenvalue weighted by Crippen LogP contribution is -2.00. The van der Waals surface area contributed by atoms with Crippen molar-refractivity contribution in [3.05, 3.63) is 65.5 Å². The quantitative estimate of drug-likeness (QED) is 0.878. The highest BCUT2D eigenvalue weighted by molar-refractivity contribution is 5.28. The van der Waals surface area contributed by atoms with Crippen molar-refractivity contribution >= 4 is 0 Å². The molecular formula is C14H14FNO. The molecule has 2 nitrogen and oxygen atoms in total. The minimum Gasteiger partial charge on any atom is -0.489 e. The number of benzene rings is 2. The first-order chi connectivity index (χ1) is 8.29. The Labute approximate surface area is 99.8 Å². The summed E-state index contributed by atoms with van der Waals surface area (Å²) in [5.41, 5.74) is 7.08. The van der Waals surface area contributed by atoms with Crippen LogP contribution in [0.5, 0.6) is 5.75 Å². The Kier molecular flexibility index (Phi) is 3.73. The van der Waals surface area contributed by atoms with Gasteiger partial charge in [0.1, 0.15) is 18.2 Å². The van der Waals surface area contributed by atoms with Crippen LogP contribution in [0.3, 0.4) is 0 Å². The molecule has 2 rings (SSSR count). The van der Waals surface area contributed by atoms with E-state index in [0.717, 1.165) is 5.56 Å². The standard InChI is InChI=1S/C14H14FNO/c15-14-7-2-1-5-12(14)10-17-13-6-3-4-11(8-13)9-16/h1-8H,9-10,16H2. The molecule has 0 unspecified atom stereocenters. The number of hydrogen-bond acceptors (Lipinski definition) is 2. The predicted octanol–water partition coefficient (Wildman–Crippen LogP) is 2.86. The summed E-state index contributed by atoms with van der Waals surface area (Å²) in [7, 11) is 0. The highest BCUT2D eigenvalue weighted by Gasteiger charge is 2.01. The topological polar surface area (TPSA) is 35.2 Å². The van der Waals surface area contributed by atoms with Crippen molar-refractivity contribution in [2.75, 3.05) is 0 Å². The molecule has 88 valence electrons. The van der Waals surface area contributed by atoms with Crippen molar-refractivity contribution in [2.45, 2.75) is 13.2 Å². The summed E-state index contributed by atoms with van der Waals surface area (Å²) in [5, 5.41) is 0. The molecular weight excluding hydrogens is 217 g/mol. The van der Waals surface area contributed by atoms with E-state index in [-0.39, 0.29) is 12.4 Å². The summed E-state index contributed by atoms with van der Waals surface area (Å²) in [6.07, 6.45) is 0. The Balaban J connectivity index is 2.05. The molecule has 0 saturated carbocycles. The minimum atomic E-state index is -0.248.